The Morgan fingerprint density at radius 3 is 2.27 bits per heavy atom. The van der Waals surface area contributed by atoms with Crippen LogP contribution in [0.15, 0.2) is 48.5 Å². The van der Waals surface area contributed by atoms with E-state index < -0.39 is 5.41 Å². The molecule has 1 heterocycles. The summed E-state index contributed by atoms with van der Waals surface area (Å²) in [6.45, 7) is 6.00. The quantitative estimate of drug-likeness (QED) is 0.770. The number of rotatable bonds is 4. The van der Waals surface area contributed by atoms with Crippen molar-refractivity contribution in [2.75, 3.05) is 17.3 Å². The Labute approximate surface area is 176 Å². The summed E-state index contributed by atoms with van der Waals surface area (Å²) < 4.78 is 5.11. The Balaban J connectivity index is 1.54. The lowest BCUT2D eigenvalue weighted by Gasteiger charge is -2.47. The fourth-order valence-electron chi connectivity index (χ4n) is 4.70. The molecule has 0 spiro atoms. The molecule has 6 nitrogen and oxygen atoms in total. The van der Waals surface area contributed by atoms with Crippen molar-refractivity contribution in [2.45, 2.75) is 33.6 Å². The molecule has 1 N–H and O–H groups in total. The molecule has 2 unspecified atom stereocenters. The molecule has 1 aliphatic heterocycles. The predicted molar refractivity (Wildman–Crippen MR) is 114 cm³/mol. The standard InChI is InChI=1S/C24H26N2O4/c1-23(2)19-13-14-24(23,3)22(29)26(21(19)28)17-9-5-15(6-10-17)20(27)25-16-7-11-18(30-4)12-8-16/h5-12,19H,13-14H2,1-4H3,(H,25,27). The normalized spacial score (nSPS) is 24.7. The van der Waals surface area contributed by atoms with Gasteiger partial charge in [0.1, 0.15) is 5.75 Å². The maximum absolute atomic E-state index is 13.3. The monoisotopic (exact) mass is 406 g/mol. The Morgan fingerprint density at radius 1 is 1.03 bits per heavy atom. The van der Waals surface area contributed by atoms with Gasteiger partial charge in [-0.1, -0.05) is 20.8 Å². The summed E-state index contributed by atoms with van der Waals surface area (Å²) >= 11 is 0. The molecule has 2 atom stereocenters. The number of piperidine rings is 1. The van der Waals surface area contributed by atoms with Crippen LogP contribution in [0.2, 0.25) is 0 Å². The lowest BCUT2D eigenvalue weighted by Crippen LogP contribution is -2.59. The van der Waals surface area contributed by atoms with Crippen molar-refractivity contribution < 1.29 is 19.1 Å². The number of imide groups is 1. The van der Waals surface area contributed by atoms with Crippen LogP contribution >= 0.6 is 0 Å². The highest BCUT2D eigenvalue weighted by Crippen LogP contribution is 2.60. The average Bonchev–Trinajstić information content (AvgIpc) is 2.92. The van der Waals surface area contributed by atoms with Crippen molar-refractivity contribution in [2.24, 2.45) is 16.7 Å². The van der Waals surface area contributed by atoms with E-state index in [9.17, 15) is 14.4 Å². The Kier molecular flexibility index (Phi) is 4.68. The molecule has 4 rings (SSSR count). The lowest BCUT2D eigenvalue weighted by molar-refractivity contribution is -0.146. The third-order valence-corrected chi connectivity index (χ3v) is 7.16. The SMILES string of the molecule is COc1ccc(NC(=O)c2ccc(N3C(=O)C4CCC(C)(C3=O)C4(C)C)cc2)cc1. The summed E-state index contributed by atoms with van der Waals surface area (Å²) in [7, 11) is 1.58. The van der Waals surface area contributed by atoms with Crippen molar-refractivity contribution in [1.82, 2.24) is 0 Å². The van der Waals surface area contributed by atoms with E-state index in [0.717, 1.165) is 6.42 Å². The molecule has 1 saturated carbocycles. The van der Waals surface area contributed by atoms with Crippen molar-refractivity contribution in [3.8, 4) is 5.75 Å². The molecular weight excluding hydrogens is 380 g/mol. The molecule has 3 amide bonds. The second-order valence-corrected chi connectivity index (χ2v) is 8.85. The van der Waals surface area contributed by atoms with Crippen LogP contribution in [0.3, 0.4) is 0 Å². The number of carbonyl (C=O) groups excluding carboxylic acids is 3. The molecule has 1 aliphatic carbocycles. The molecule has 0 radical (unpaired) electrons. The van der Waals surface area contributed by atoms with Gasteiger partial charge in [0.25, 0.3) is 5.91 Å². The first-order chi connectivity index (χ1) is 14.2. The number of amides is 3. The number of nitrogens with zero attached hydrogens (tertiary/aromatic N) is 1. The van der Waals surface area contributed by atoms with Gasteiger partial charge in [-0.2, -0.15) is 0 Å². The zero-order chi connectivity index (χ0) is 21.7. The van der Waals surface area contributed by atoms with Gasteiger partial charge in [-0.05, 0) is 66.8 Å². The molecule has 156 valence electrons. The number of fused-ring (bicyclic) bond motifs is 2. The molecule has 6 heteroatoms. The van der Waals surface area contributed by atoms with Crippen molar-refractivity contribution >= 4 is 29.1 Å². The van der Waals surface area contributed by atoms with Gasteiger partial charge in [0.2, 0.25) is 11.8 Å². The Bertz CT molecular complexity index is 1010. The third-order valence-electron chi connectivity index (χ3n) is 7.16. The van der Waals surface area contributed by atoms with Gasteiger partial charge in [0.05, 0.1) is 18.2 Å². The van der Waals surface area contributed by atoms with Gasteiger partial charge in [0, 0.05) is 17.2 Å². The van der Waals surface area contributed by atoms with Gasteiger partial charge in [-0.25, -0.2) is 4.90 Å². The number of hydrogen-bond donors (Lipinski definition) is 1. The minimum absolute atomic E-state index is 0.143. The van der Waals surface area contributed by atoms with Crippen LogP contribution < -0.4 is 15.0 Å². The predicted octanol–water partition coefficient (Wildman–Crippen LogP) is 4.26. The van der Waals surface area contributed by atoms with E-state index in [2.05, 4.69) is 5.32 Å². The number of nitrogens with one attached hydrogen (secondary N) is 1. The first kappa shape index (κ1) is 20.1. The molecular formula is C24H26N2O4. The van der Waals surface area contributed by atoms with Crippen LogP contribution in [-0.4, -0.2) is 24.8 Å². The van der Waals surface area contributed by atoms with E-state index in [-0.39, 0.29) is 29.1 Å². The fourth-order valence-corrected chi connectivity index (χ4v) is 4.70. The largest absolute Gasteiger partial charge is 0.497 e. The van der Waals surface area contributed by atoms with E-state index in [1.165, 1.54) is 4.90 Å². The van der Waals surface area contributed by atoms with Crippen LogP contribution in [0.4, 0.5) is 11.4 Å². The van der Waals surface area contributed by atoms with Crippen molar-refractivity contribution in [1.29, 1.82) is 0 Å². The molecule has 2 aliphatic rings. The smallest absolute Gasteiger partial charge is 0.255 e. The number of ether oxygens (including phenoxy) is 1. The van der Waals surface area contributed by atoms with Crippen LogP contribution in [0, 0.1) is 16.7 Å². The lowest BCUT2D eigenvalue weighted by atomic mass is 9.62. The topological polar surface area (TPSA) is 75.7 Å². The van der Waals surface area contributed by atoms with E-state index >= 15 is 0 Å². The number of hydrogen-bond acceptors (Lipinski definition) is 4. The minimum Gasteiger partial charge on any atom is -0.497 e. The molecule has 2 fully saturated rings. The van der Waals surface area contributed by atoms with Crippen LogP contribution in [0.5, 0.6) is 5.75 Å². The van der Waals surface area contributed by atoms with E-state index in [0.29, 0.717) is 29.1 Å². The van der Waals surface area contributed by atoms with Gasteiger partial charge in [-0.15, -0.1) is 0 Å². The zero-order valence-corrected chi connectivity index (χ0v) is 17.7. The molecule has 2 bridgehead atoms. The van der Waals surface area contributed by atoms with E-state index in [1.807, 2.05) is 20.8 Å². The summed E-state index contributed by atoms with van der Waals surface area (Å²) in [5.41, 5.74) is 0.699. The summed E-state index contributed by atoms with van der Waals surface area (Å²) in [5.74, 6) is -0.0226. The highest BCUT2D eigenvalue weighted by molar-refractivity contribution is 6.20. The number of anilines is 2. The maximum atomic E-state index is 13.3. The van der Waals surface area contributed by atoms with Gasteiger partial charge < -0.3 is 10.1 Å². The van der Waals surface area contributed by atoms with E-state index in [1.54, 1.807) is 55.6 Å². The summed E-state index contributed by atoms with van der Waals surface area (Å²) in [6, 6.07) is 13.7. The second-order valence-electron chi connectivity index (χ2n) is 8.85. The maximum Gasteiger partial charge on any atom is 0.255 e. The molecule has 1 saturated heterocycles. The molecule has 2 aromatic rings. The Morgan fingerprint density at radius 2 is 1.67 bits per heavy atom. The number of methoxy groups -OCH3 is 1. The third kappa shape index (κ3) is 2.90. The van der Waals surface area contributed by atoms with Crippen molar-refractivity contribution in [3.63, 3.8) is 0 Å². The molecule has 0 aromatic heterocycles. The minimum atomic E-state index is -0.560. The Hall–Kier alpha value is -3.15. The molecule has 2 aromatic carbocycles. The zero-order valence-electron chi connectivity index (χ0n) is 17.7. The van der Waals surface area contributed by atoms with E-state index in [4.69, 9.17) is 4.74 Å². The number of carbonyl (C=O) groups is 3. The summed E-state index contributed by atoms with van der Waals surface area (Å²) in [4.78, 5) is 40.2. The van der Waals surface area contributed by atoms with Gasteiger partial charge in [-0.3, -0.25) is 14.4 Å². The van der Waals surface area contributed by atoms with Crippen LogP contribution in [0.1, 0.15) is 44.0 Å². The van der Waals surface area contributed by atoms with Crippen LogP contribution in [-0.2, 0) is 9.59 Å². The fraction of sp³-hybridized carbons (Fsp3) is 0.375. The second kappa shape index (κ2) is 6.97. The highest BCUT2D eigenvalue weighted by atomic mass is 16.5. The van der Waals surface area contributed by atoms with Crippen LogP contribution in [0.25, 0.3) is 0 Å². The van der Waals surface area contributed by atoms with Gasteiger partial charge in [0.15, 0.2) is 0 Å². The summed E-state index contributed by atoms with van der Waals surface area (Å²) in [6.07, 6.45) is 1.45. The average molecular weight is 406 g/mol. The first-order valence-corrected chi connectivity index (χ1v) is 10.1. The summed E-state index contributed by atoms with van der Waals surface area (Å²) in [5, 5.41) is 2.83. The number of benzene rings is 2. The first-order valence-electron chi connectivity index (χ1n) is 10.1. The molecule has 30 heavy (non-hydrogen) atoms. The van der Waals surface area contributed by atoms with Gasteiger partial charge >= 0.3 is 0 Å². The highest BCUT2D eigenvalue weighted by Gasteiger charge is 2.64. The van der Waals surface area contributed by atoms with Crippen molar-refractivity contribution in [3.05, 3.63) is 54.1 Å².